The van der Waals surface area contributed by atoms with Gasteiger partial charge < -0.3 is 16.3 Å². The number of phenolic OH excluding ortho intramolecular Hbond substituents is 1. The van der Waals surface area contributed by atoms with E-state index in [-0.39, 0.29) is 35.3 Å². The lowest BCUT2D eigenvalue weighted by atomic mass is 9.98. The Bertz CT molecular complexity index is 1600. The normalized spacial score (nSPS) is 15.5. The van der Waals surface area contributed by atoms with Crippen LogP contribution in [-0.4, -0.2) is 69.8 Å². The minimum atomic E-state index is -3.95. The van der Waals surface area contributed by atoms with Crippen molar-refractivity contribution in [3.8, 4) is 17.0 Å². The molecule has 3 aromatic heterocycles. The van der Waals surface area contributed by atoms with Gasteiger partial charge in [-0.2, -0.15) is 18.7 Å². The first kappa shape index (κ1) is 23.9. The number of piperidine rings is 1. The maximum Gasteiger partial charge on any atom is 0.305 e. The quantitative estimate of drug-likeness (QED) is 0.208. The summed E-state index contributed by atoms with van der Waals surface area (Å²) in [5.74, 6) is 6.44. The molecule has 0 unspecified atom stereocenters. The molecule has 0 spiro atoms. The van der Waals surface area contributed by atoms with E-state index in [1.807, 2.05) is 6.07 Å². The maximum absolute atomic E-state index is 13.0. The minimum absolute atomic E-state index is 0.103. The van der Waals surface area contributed by atoms with Gasteiger partial charge in [0.1, 0.15) is 19.4 Å². The van der Waals surface area contributed by atoms with E-state index in [1.54, 1.807) is 28.8 Å². The Hall–Kier alpha value is -3.78. The van der Waals surface area contributed by atoms with Crippen LogP contribution in [0, 0.1) is 12.8 Å². The number of aromatic amines is 1. The molecule has 0 atom stereocenters. The molecule has 1 fully saturated rings. The third kappa shape index (κ3) is 4.11. The predicted molar refractivity (Wildman–Crippen MR) is 135 cm³/mol. The van der Waals surface area contributed by atoms with Crippen molar-refractivity contribution in [3.05, 3.63) is 52.6 Å². The van der Waals surface area contributed by atoms with Crippen LogP contribution in [0.15, 0.2) is 46.2 Å². The molecule has 1 aromatic carbocycles. The SMILES string of the molecule is [B]c1cnn2c(NCC3CCN(S(=O)(=O)c4c(C)[nH]n(N)c4=O)CC3)cc(-c3ccccc3O)nc12. The van der Waals surface area contributed by atoms with Gasteiger partial charge in [-0.1, -0.05) is 12.1 Å². The van der Waals surface area contributed by atoms with E-state index in [1.165, 1.54) is 17.4 Å². The average molecular weight is 508 g/mol. The van der Waals surface area contributed by atoms with Crippen molar-refractivity contribution < 1.29 is 13.5 Å². The molecule has 4 aromatic rings. The zero-order valence-corrected chi connectivity index (χ0v) is 20.4. The largest absolute Gasteiger partial charge is 0.507 e. The molecule has 0 bridgehead atoms. The number of aryl methyl sites for hydroxylation is 1. The van der Waals surface area contributed by atoms with Crippen molar-refractivity contribution in [3.63, 3.8) is 0 Å². The first-order chi connectivity index (χ1) is 17.2. The molecule has 5 rings (SSSR count). The van der Waals surface area contributed by atoms with E-state index in [9.17, 15) is 18.3 Å². The van der Waals surface area contributed by atoms with Crippen molar-refractivity contribution in [2.45, 2.75) is 24.7 Å². The number of anilines is 1. The van der Waals surface area contributed by atoms with Crippen LogP contribution >= 0.6 is 0 Å². The summed E-state index contributed by atoms with van der Waals surface area (Å²) in [6, 6.07) is 8.70. The van der Waals surface area contributed by atoms with Gasteiger partial charge in [0, 0.05) is 37.5 Å². The molecule has 12 nitrogen and oxygen atoms in total. The van der Waals surface area contributed by atoms with Gasteiger partial charge in [0.15, 0.2) is 10.5 Å². The number of hydrogen-bond donors (Lipinski definition) is 4. The summed E-state index contributed by atoms with van der Waals surface area (Å²) in [5, 5.41) is 20.5. The fourth-order valence-electron chi connectivity index (χ4n) is 4.52. The van der Waals surface area contributed by atoms with E-state index in [0.29, 0.717) is 52.4 Å². The number of hydrogen-bond acceptors (Lipinski definition) is 8. The summed E-state index contributed by atoms with van der Waals surface area (Å²) in [5.41, 5.74) is 1.43. The third-order valence-electron chi connectivity index (χ3n) is 6.46. The van der Waals surface area contributed by atoms with Crippen LogP contribution in [0.4, 0.5) is 5.82 Å². The summed E-state index contributed by atoms with van der Waals surface area (Å²) < 4.78 is 29.0. The lowest BCUT2D eigenvalue weighted by Crippen LogP contribution is -2.42. The molecule has 0 amide bonds. The van der Waals surface area contributed by atoms with Crippen LogP contribution < -0.4 is 22.2 Å². The molecule has 186 valence electrons. The number of sulfonamides is 1. The fraction of sp³-hybridized carbons (Fsp3) is 0.318. The van der Waals surface area contributed by atoms with Crippen LogP contribution in [0.2, 0.25) is 0 Å². The molecular weight excluding hydrogens is 483 g/mol. The number of rotatable bonds is 6. The zero-order valence-electron chi connectivity index (χ0n) is 19.5. The smallest absolute Gasteiger partial charge is 0.305 e. The second kappa shape index (κ2) is 9.02. The van der Waals surface area contributed by atoms with Crippen molar-refractivity contribution in [1.29, 1.82) is 0 Å². The van der Waals surface area contributed by atoms with Gasteiger partial charge in [-0.05, 0) is 43.3 Å². The average Bonchev–Trinajstić information content (AvgIpc) is 3.36. The number of nitrogens with two attached hydrogens (primary N) is 1. The van der Waals surface area contributed by atoms with Gasteiger partial charge in [0.2, 0.25) is 10.0 Å². The van der Waals surface area contributed by atoms with E-state index in [2.05, 4.69) is 20.5 Å². The molecule has 0 saturated carbocycles. The van der Waals surface area contributed by atoms with E-state index >= 15 is 0 Å². The summed E-state index contributed by atoms with van der Waals surface area (Å²) in [4.78, 5) is 17.2. The maximum atomic E-state index is 13.0. The number of aromatic nitrogens is 5. The van der Waals surface area contributed by atoms with Gasteiger partial charge in [-0.25, -0.2) is 13.4 Å². The van der Waals surface area contributed by atoms with Crippen LogP contribution in [0.5, 0.6) is 5.75 Å². The Labute approximate surface area is 208 Å². The molecule has 1 saturated heterocycles. The molecule has 1 aliphatic heterocycles. The molecule has 1 aliphatic rings. The van der Waals surface area contributed by atoms with Gasteiger partial charge in [-0.3, -0.25) is 9.89 Å². The molecule has 2 radical (unpaired) electrons. The summed E-state index contributed by atoms with van der Waals surface area (Å²) in [6.07, 6.45) is 2.73. The number of nitrogens with zero attached hydrogens (tertiary/aromatic N) is 5. The standard InChI is InChI=1S/C22H25BN8O4S/c1-13-20(22(33)31(24)28-13)36(34,35)29-8-6-14(7-9-29)11-25-19-10-17(15-4-2-3-5-18(15)32)27-21-16(23)12-26-30(19)21/h2-5,10,12,14,25,28,32H,6-9,11,24H2,1H3. The summed E-state index contributed by atoms with van der Waals surface area (Å²) in [6.45, 7) is 2.64. The Morgan fingerprint density at radius 2 is 2.00 bits per heavy atom. The molecule has 14 heteroatoms. The number of nitrogens with one attached hydrogen (secondary N) is 2. The minimum Gasteiger partial charge on any atom is -0.507 e. The number of fused-ring (bicyclic) bond motifs is 1. The number of benzene rings is 1. The van der Waals surface area contributed by atoms with Gasteiger partial charge >= 0.3 is 5.56 Å². The summed E-state index contributed by atoms with van der Waals surface area (Å²) in [7, 11) is 2.11. The van der Waals surface area contributed by atoms with Crippen molar-refractivity contribution >= 4 is 34.8 Å². The van der Waals surface area contributed by atoms with Crippen LogP contribution in [0.1, 0.15) is 18.5 Å². The van der Waals surface area contributed by atoms with E-state index < -0.39 is 15.6 Å². The Kier molecular flexibility index (Phi) is 6.00. The topological polar surface area (TPSA) is 164 Å². The highest BCUT2D eigenvalue weighted by Crippen LogP contribution is 2.30. The monoisotopic (exact) mass is 508 g/mol. The Morgan fingerprint density at radius 3 is 2.67 bits per heavy atom. The highest BCUT2D eigenvalue weighted by Gasteiger charge is 2.34. The lowest BCUT2D eigenvalue weighted by Gasteiger charge is -2.31. The van der Waals surface area contributed by atoms with Crippen LogP contribution in [-0.2, 0) is 10.0 Å². The van der Waals surface area contributed by atoms with Crippen LogP contribution in [0.25, 0.3) is 16.9 Å². The number of aromatic hydroxyl groups is 1. The van der Waals surface area contributed by atoms with Crippen molar-refractivity contribution in [2.75, 3.05) is 30.8 Å². The number of phenols is 1. The van der Waals surface area contributed by atoms with Crippen molar-refractivity contribution in [1.82, 2.24) is 28.8 Å². The first-order valence-electron chi connectivity index (χ1n) is 11.4. The molecular formula is C22H25BN8O4S. The van der Waals surface area contributed by atoms with E-state index in [4.69, 9.17) is 13.7 Å². The number of nitrogen functional groups attached to an aromatic ring is 1. The predicted octanol–water partition coefficient (Wildman–Crippen LogP) is -0.0795. The number of para-hydroxylation sites is 1. The third-order valence-corrected chi connectivity index (χ3v) is 8.51. The number of H-pyrrole nitrogens is 1. The first-order valence-corrected chi connectivity index (χ1v) is 12.8. The summed E-state index contributed by atoms with van der Waals surface area (Å²) >= 11 is 0. The van der Waals surface area contributed by atoms with E-state index in [0.717, 1.165) is 0 Å². The molecule has 5 N–H and O–H groups in total. The lowest BCUT2D eigenvalue weighted by molar-refractivity contribution is 0.282. The highest BCUT2D eigenvalue weighted by atomic mass is 32.2. The van der Waals surface area contributed by atoms with Gasteiger partial charge in [0.05, 0.1) is 11.4 Å². The van der Waals surface area contributed by atoms with Crippen LogP contribution in [0.3, 0.4) is 0 Å². The van der Waals surface area contributed by atoms with Gasteiger partial charge in [-0.15, -0.1) is 0 Å². The fourth-order valence-corrected chi connectivity index (χ4v) is 6.22. The molecule has 4 heterocycles. The Morgan fingerprint density at radius 1 is 1.28 bits per heavy atom. The Balaban J connectivity index is 1.32. The second-order valence-corrected chi connectivity index (χ2v) is 10.7. The molecule has 36 heavy (non-hydrogen) atoms. The van der Waals surface area contributed by atoms with Crippen molar-refractivity contribution in [2.24, 2.45) is 5.92 Å². The molecule has 0 aliphatic carbocycles. The zero-order chi connectivity index (χ0) is 25.6. The second-order valence-electron chi connectivity index (χ2n) is 8.85. The van der Waals surface area contributed by atoms with Gasteiger partial charge in [0.25, 0.3) is 0 Å². The highest BCUT2D eigenvalue weighted by molar-refractivity contribution is 7.89.